The van der Waals surface area contributed by atoms with Crippen LogP contribution in [0.5, 0.6) is 0 Å². The Kier molecular flexibility index (Phi) is 5.50. The second-order valence-electron chi connectivity index (χ2n) is 7.17. The number of nitro groups is 1. The van der Waals surface area contributed by atoms with Gasteiger partial charge in [0.05, 0.1) is 15.5 Å². The largest absolute Gasteiger partial charge is 0.383 e. The van der Waals surface area contributed by atoms with Crippen LogP contribution in [0.1, 0.15) is 38.2 Å². The summed E-state index contributed by atoms with van der Waals surface area (Å²) in [6, 6.07) is 16.5. The first kappa shape index (κ1) is 20.6. The molecule has 156 valence electrons. The third-order valence-corrected chi connectivity index (χ3v) is 6.09. The number of aliphatic hydroxyl groups is 1. The number of anilines is 1. The maximum Gasteiger partial charge on any atom is 0.269 e. The number of fused-ring (bicyclic) bond motifs is 1. The minimum atomic E-state index is -0.938. The molecular weight excluding hydrogens is 414 g/mol. The first-order valence-corrected chi connectivity index (χ1v) is 10.4. The van der Waals surface area contributed by atoms with Gasteiger partial charge in [-0.25, -0.2) is 4.98 Å². The fraction of sp³-hybridized carbons (Fsp3) is 0.130. The lowest BCUT2D eigenvalue weighted by molar-refractivity contribution is -0.384. The van der Waals surface area contributed by atoms with E-state index in [0.717, 1.165) is 21.5 Å². The van der Waals surface area contributed by atoms with Crippen molar-refractivity contribution in [2.24, 2.45) is 0 Å². The quantitative estimate of drug-likeness (QED) is 0.334. The predicted molar refractivity (Wildman–Crippen MR) is 121 cm³/mol. The number of amides is 1. The number of pyridine rings is 1. The van der Waals surface area contributed by atoms with E-state index in [9.17, 15) is 20.0 Å². The van der Waals surface area contributed by atoms with Gasteiger partial charge in [-0.15, -0.1) is 11.3 Å². The summed E-state index contributed by atoms with van der Waals surface area (Å²) in [6.45, 7) is 3.83. The summed E-state index contributed by atoms with van der Waals surface area (Å²) in [7, 11) is 0. The number of hydrogen-bond donors (Lipinski definition) is 2. The maximum atomic E-state index is 12.9. The van der Waals surface area contributed by atoms with Gasteiger partial charge in [-0.2, -0.15) is 0 Å². The molecule has 1 atom stereocenters. The molecule has 1 unspecified atom stereocenters. The molecular formula is C23H19N3O4S. The van der Waals surface area contributed by atoms with E-state index in [1.165, 1.54) is 35.6 Å². The van der Waals surface area contributed by atoms with Gasteiger partial charge in [-0.1, -0.05) is 30.3 Å². The Labute approximate surface area is 182 Å². The Morgan fingerprint density at radius 1 is 1.13 bits per heavy atom. The molecule has 0 saturated heterocycles. The van der Waals surface area contributed by atoms with E-state index < -0.39 is 16.9 Å². The third-order valence-electron chi connectivity index (χ3n) is 4.96. The number of benzene rings is 2. The maximum absolute atomic E-state index is 12.9. The van der Waals surface area contributed by atoms with Gasteiger partial charge in [-0.05, 0) is 43.2 Å². The number of aliphatic hydroxyl groups excluding tert-OH is 1. The highest BCUT2D eigenvalue weighted by Gasteiger charge is 2.24. The molecule has 2 N–H and O–H groups in total. The number of aryl methyl sites for hydroxylation is 2. The van der Waals surface area contributed by atoms with Crippen LogP contribution in [0.2, 0.25) is 0 Å². The minimum absolute atomic E-state index is 0.0896. The molecule has 0 radical (unpaired) electrons. The average molecular weight is 433 g/mol. The first-order valence-electron chi connectivity index (χ1n) is 9.54. The van der Waals surface area contributed by atoms with Crippen LogP contribution in [0.4, 0.5) is 11.4 Å². The Bertz CT molecular complexity index is 1280. The van der Waals surface area contributed by atoms with E-state index in [4.69, 9.17) is 0 Å². The molecule has 0 aliphatic carbocycles. The van der Waals surface area contributed by atoms with Crippen molar-refractivity contribution in [3.63, 3.8) is 0 Å². The van der Waals surface area contributed by atoms with Gasteiger partial charge in [0.25, 0.3) is 11.6 Å². The van der Waals surface area contributed by atoms with Crippen LogP contribution in [-0.4, -0.2) is 20.9 Å². The van der Waals surface area contributed by atoms with E-state index in [0.29, 0.717) is 16.1 Å². The fourth-order valence-corrected chi connectivity index (χ4v) is 4.75. The van der Waals surface area contributed by atoms with Crippen LogP contribution in [0.15, 0.2) is 60.7 Å². The summed E-state index contributed by atoms with van der Waals surface area (Å²) < 4.78 is 0. The molecule has 31 heavy (non-hydrogen) atoms. The van der Waals surface area contributed by atoms with Crippen molar-refractivity contribution >= 4 is 38.8 Å². The Hall–Kier alpha value is -3.62. The first-order chi connectivity index (χ1) is 14.8. The van der Waals surface area contributed by atoms with Crippen LogP contribution in [0, 0.1) is 24.0 Å². The lowest BCUT2D eigenvalue weighted by Gasteiger charge is -2.13. The van der Waals surface area contributed by atoms with Gasteiger partial charge in [0.1, 0.15) is 10.9 Å². The van der Waals surface area contributed by atoms with Crippen LogP contribution >= 0.6 is 11.3 Å². The van der Waals surface area contributed by atoms with Crippen LogP contribution in [0.3, 0.4) is 0 Å². The summed E-state index contributed by atoms with van der Waals surface area (Å²) in [4.78, 5) is 29.2. The molecule has 7 nitrogen and oxygen atoms in total. The second kappa shape index (κ2) is 8.25. The summed E-state index contributed by atoms with van der Waals surface area (Å²) in [5.74, 6) is -0.420. The molecule has 0 saturated carbocycles. The van der Waals surface area contributed by atoms with Crippen molar-refractivity contribution in [3.8, 4) is 0 Å². The SMILES string of the molecule is Cc1cc(C)c2c(NC(=O)c3ccc([N+](=O)[O-])cc3)c(C(O)c3ccccc3)sc2n1. The van der Waals surface area contributed by atoms with E-state index in [2.05, 4.69) is 10.3 Å². The summed E-state index contributed by atoms with van der Waals surface area (Å²) >= 11 is 1.33. The highest BCUT2D eigenvalue weighted by atomic mass is 32.1. The molecule has 0 aliphatic heterocycles. The smallest absolute Gasteiger partial charge is 0.269 e. The molecule has 2 aromatic carbocycles. The van der Waals surface area contributed by atoms with Crippen molar-refractivity contribution in [1.29, 1.82) is 0 Å². The molecule has 8 heteroatoms. The van der Waals surface area contributed by atoms with Crippen molar-refractivity contribution < 1.29 is 14.8 Å². The predicted octanol–water partition coefficient (Wildman–Crippen LogP) is 5.16. The van der Waals surface area contributed by atoms with E-state index in [1.807, 2.05) is 50.2 Å². The molecule has 2 aromatic heterocycles. The van der Waals surface area contributed by atoms with Gasteiger partial charge in [0.2, 0.25) is 0 Å². The number of hydrogen-bond acceptors (Lipinski definition) is 6. The Morgan fingerprint density at radius 2 is 1.81 bits per heavy atom. The minimum Gasteiger partial charge on any atom is -0.383 e. The zero-order valence-corrected chi connectivity index (χ0v) is 17.6. The molecule has 0 aliphatic rings. The number of thiophene rings is 1. The van der Waals surface area contributed by atoms with Crippen molar-refractivity contribution in [2.45, 2.75) is 20.0 Å². The number of nitro benzene ring substituents is 1. The summed E-state index contributed by atoms with van der Waals surface area (Å²) in [6.07, 6.45) is -0.938. The molecule has 0 bridgehead atoms. The molecule has 4 rings (SSSR count). The van der Waals surface area contributed by atoms with Gasteiger partial charge < -0.3 is 10.4 Å². The zero-order valence-electron chi connectivity index (χ0n) is 16.8. The number of non-ortho nitro benzene ring substituents is 1. The molecule has 1 amide bonds. The van der Waals surface area contributed by atoms with Crippen LogP contribution in [-0.2, 0) is 0 Å². The normalized spacial score (nSPS) is 12.0. The van der Waals surface area contributed by atoms with Crippen molar-refractivity contribution in [1.82, 2.24) is 4.98 Å². The molecule has 2 heterocycles. The van der Waals surface area contributed by atoms with E-state index in [-0.39, 0.29) is 11.3 Å². The molecule has 0 spiro atoms. The highest BCUT2D eigenvalue weighted by Crippen LogP contribution is 2.42. The van der Waals surface area contributed by atoms with Gasteiger partial charge in [0.15, 0.2) is 0 Å². The van der Waals surface area contributed by atoms with Crippen molar-refractivity contribution in [2.75, 3.05) is 5.32 Å². The summed E-state index contributed by atoms with van der Waals surface area (Å²) in [5.41, 5.74) is 3.18. The lowest BCUT2D eigenvalue weighted by atomic mass is 10.0. The highest BCUT2D eigenvalue weighted by molar-refractivity contribution is 7.19. The number of rotatable bonds is 5. The molecule has 4 aromatic rings. The Balaban J connectivity index is 1.79. The van der Waals surface area contributed by atoms with Gasteiger partial charge in [-0.3, -0.25) is 14.9 Å². The van der Waals surface area contributed by atoms with E-state index >= 15 is 0 Å². The van der Waals surface area contributed by atoms with Crippen LogP contribution in [0.25, 0.3) is 10.2 Å². The second-order valence-corrected chi connectivity index (χ2v) is 8.20. The van der Waals surface area contributed by atoms with E-state index in [1.54, 1.807) is 0 Å². The van der Waals surface area contributed by atoms with Crippen molar-refractivity contribution in [3.05, 3.63) is 98.0 Å². The average Bonchev–Trinajstić information content (AvgIpc) is 3.12. The third kappa shape index (κ3) is 4.03. The number of aromatic nitrogens is 1. The number of nitrogens with zero attached hydrogens (tertiary/aromatic N) is 2. The van der Waals surface area contributed by atoms with Gasteiger partial charge >= 0.3 is 0 Å². The monoisotopic (exact) mass is 433 g/mol. The van der Waals surface area contributed by atoms with Crippen LogP contribution < -0.4 is 5.32 Å². The zero-order chi connectivity index (χ0) is 22.1. The fourth-order valence-electron chi connectivity index (χ4n) is 3.48. The summed E-state index contributed by atoms with van der Waals surface area (Å²) in [5, 5.41) is 25.6. The Morgan fingerprint density at radius 3 is 2.45 bits per heavy atom. The molecule has 0 fully saturated rings. The topological polar surface area (TPSA) is 105 Å². The number of carbonyl (C=O) groups is 1. The number of nitrogens with one attached hydrogen (secondary N) is 1. The lowest BCUT2D eigenvalue weighted by Crippen LogP contribution is -2.14. The standard InChI is InChI=1S/C23H19N3O4S/c1-13-12-14(2)24-23-18(13)19(21(31-23)20(27)15-6-4-3-5-7-15)25-22(28)16-8-10-17(11-9-16)26(29)30/h3-12,20,27H,1-2H3,(H,25,28). The number of carbonyl (C=O) groups excluding carboxylic acids is 1. The van der Waals surface area contributed by atoms with Gasteiger partial charge in [0, 0.05) is 28.8 Å².